The van der Waals surface area contributed by atoms with Gasteiger partial charge in [0, 0.05) is 0 Å². The van der Waals surface area contributed by atoms with Crippen LogP contribution in [0.2, 0.25) is 0 Å². The monoisotopic (exact) mass is 181 g/mol. The van der Waals surface area contributed by atoms with Crippen molar-refractivity contribution in [2.75, 3.05) is 0 Å². The molecule has 0 aliphatic heterocycles. The average Bonchev–Trinajstić information content (AvgIpc) is 2.48. The Morgan fingerprint density at radius 2 is 2.15 bits per heavy atom. The smallest absolute Gasteiger partial charge is 0.0576 e. The first kappa shape index (κ1) is 9.04. The van der Waals surface area contributed by atoms with E-state index in [1.54, 1.807) is 0 Å². The van der Waals surface area contributed by atoms with Crippen molar-refractivity contribution in [3.63, 3.8) is 0 Å². The van der Waals surface area contributed by atoms with Gasteiger partial charge in [0.25, 0.3) is 0 Å². The van der Waals surface area contributed by atoms with E-state index < -0.39 is 0 Å². The molecule has 0 aromatic heterocycles. The first-order valence-electron chi connectivity index (χ1n) is 5.33. The zero-order chi connectivity index (χ0) is 9.47. The van der Waals surface area contributed by atoms with Crippen molar-refractivity contribution < 1.29 is 5.21 Å². The van der Waals surface area contributed by atoms with Crippen LogP contribution in [0.25, 0.3) is 0 Å². The summed E-state index contributed by atoms with van der Waals surface area (Å²) >= 11 is 0. The second-order valence-corrected chi connectivity index (χ2v) is 5.32. The molecule has 0 aromatic rings. The van der Waals surface area contributed by atoms with Gasteiger partial charge in [0.1, 0.15) is 0 Å². The van der Waals surface area contributed by atoms with Gasteiger partial charge in [-0.15, -0.1) is 0 Å². The van der Waals surface area contributed by atoms with Crippen LogP contribution in [-0.2, 0) is 0 Å². The Kier molecular flexibility index (Phi) is 2.09. The number of rotatable bonds is 0. The highest BCUT2D eigenvalue weighted by Crippen LogP contribution is 2.50. The highest BCUT2D eigenvalue weighted by molar-refractivity contribution is 5.86. The molecule has 2 heteroatoms. The molecule has 2 aliphatic rings. The largest absolute Gasteiger partial charge is 0.411 e. The molecule has 1 N–H and O–H groups in total. The van der Waals surface area contributed by atoms with Crippen molar-refractivity contribution in [3.8, 4) is 0 Å². The van der Waals surface area contributed by atoms with E-state index in [2.05, 4.69) is 19.0 Å². The molecule has 0 amide bonds. The zero-order valence-electron chi connectivity index (χ0n) is 8.58. The Bertz CT molecular complexity index is 232. The van der Waals surface area contributed by atoms with Gasteiger partial charge in [0.15, 0.2) is 0 Å². The third kappa shape index (κ3) is 1.47. The summed E-state index contributed by atoms with van der Waals surface area (Å²) in [6, 6.07) is 0. The predicted molar refractivity (Wildman–Crippen MR) is 53.1 cm³/mol. The summed E-state index contributed by atoms with van der Waals surface area (Å²) in [5.74, 6) is 1.57. The maximum absolute atomic E-state index is 8.77. The molecule has 0 aromatic carbocycles. The van der Waals surface area contributed by atoms with E-state index in [4.69, 9.17) is 5.21 Å². The fraction of sp³-hybridized carbons (Fsp3) is 0.909. The molecule has 2 aliphatic carbocycles. The van der Waals surface area contributed by atoms with E-state index >= 15 is 0 Å². The molecule has 2 fully saturated rings. The number of hydrogen-bond acceptors (Lipinski definition) is 2. The van der Waals surface area contributed by atoms with Gasteiger partial charge < -0.3 is 5.21 Å². The summed E-state index contributed by atoms with van der Waals surface area (Å²) in [6.07, 6.45) is 6.12. The second-order valence-electron chi connectivity index (χ2n) is 5.32. The average molecular weight is 181 g/mol. The van der Waals surface area contributed by atoms with Crippen LogP contribution in [-0.4, -0.2) is 10.9 Å². The molecule has 2 rings (SSSR count). The summed E-state index contributed by atoms with van der Waals surface area (Å²) in [4.78, 5) is 0. The van der Waals surface area contributed by atoms with E-state index in [0.29, 0.717) is 5.41 Å². The van der Waals surface area contributed by atoms with Crippen LogP contribution in [0.3, 0.4) is 0 Å². The third-order valence-electron chi connectivity index (χ3n) is 4.06. The van der Waals surface area contributed by atoms with Crippen LogP contribution in [0.4, 0.5) is 0 Å². The molecule has 0 bridgehead atoms. The topological polar surface area (TPSA) is 32.6 Å². The van der Waals surface area contributed by atoms with Crippen molar-refractivity contribution in [1.82, 2.24) is 0 Å². The molecule has 2 atom stereocenters. The first-order valence-corrected chi connectivity index (χ1v) is 5.33. The normalized spacial score (nSPS) is 40.6. The van der Waals surface area contributed by atoms with Crippen LogP contribution in [0.15, 0.2) is 5.16 Å². The van der Waals surface area contributed by atoms with Crippen molar-refractivity contribution in [2.24, 2.45) is 22.4 Å². The van der Waals surface area contributed by atoms with Crippen molar-refractivity contribution in [2.45, 2.75) is 46.0 Å². The van der Waals surface area contributed by atoms with Crippen molar-refractivity contribution in [1.29, 1.82) is 0 Å². The van der Waals surface area contributed by atoms with E-state index in [-0.39, 0.29) is 0 Å². The third-order valence-corrected chi connectivity index (χ3v) is 4.06. The van der Waals surface area contributed by atoms with Crippen LogP contribution in [0, 0.1) is 17.3 Å². The molecule has 74 valence electrons. The van der Waals surface area contributed by atoms with Gasteiger partial charge in [-0.05, 0) is 42.9 Å². The maximum Gasteiger partial charge on any atom is 0.0576 e. The molecule has 0 radical (unpaired) electrons. The van der Waals surface area contributed by atoms with Crippen LogP contribution in [0.1, 0.15) is 46.0 Å². The minimum Gasteiger partial charge on any atom is -0.411 e. The number of hydrogen-bond donors (Lipinski definition) is 1. The fourth-order valence-corrected chi connectivity index (χ4v) is 3.25. The van der Waals surface area contributed by atoms with E-state index in [9.17, 15) is 0 Å². The molecular weight excluding hydrogens is 162 g/mol. The van der Waals surface area contributed by atoms with Gasteiger partial charge in [-0.1, -0.05) is 25.4 Å². The van der Waals surface area contributed by atoms with E-state index in [1.807, 2.05) is 0 Å². The maximum atomic E-state index is 8.77. The summed E-state index contributed by atoms with van der Waals surface area (Å²) in [5, 5.41) is 12.2. The quantitative estimate of drug-likeness (QED) is 0.452. The molecular formula is C11H19NO. The van der Waals surface area contributed by atoms with Crippen molar-refractivity contribution in [3.05, 3.63) is 0 Å². The molecule has 13 heavy (non-hydrogen) atoms. The lowest BCUT2D eigenvalue weighted by molar-refractivity contribution is 0.0991. The molecule has 0 saturated heterocycles. The zero-order valence-corrected chi connectivity index (χ0v) is 8.58. The Balaban J connectivity index is 2.17. The summed E-state index contributed by atoms with van der Waals surface area (Å²) < 4.78 is 0. The van der Waals surface area contributed by atoms with Gasteiger partial charge in [0.05, 0.1) is 5.71 Å². The van der Waals surface area contributed by atoms with Gasteiger partial charge in [-0.3, -0.25) is 0 Å². The van der Waals surface area contributed by atoms with E-state index in [0.717, 1.165) is 30.4 Å². The number of fused-ring (bicyclic) bond motifs is 1. The molecule has 0 spiro atoms. The molecule has 0 unspecified atom stereocenters. The lowest BCUT2D eigenvalue weighted by Crippen LogP contribution is -2.31. The fourth-order valence-electron chi connectivity index (χ4n) is 3.25. The SMILES string of the molecule is CC1(C)CCC[C@H]2C/C(=N/O)C[C@H]21. The van der Waals surface area contributed by atoms with Gasteiger partial charge >= 0.3 is 0 Å². The first-order chi connectivity index (χ1) is 6.13. The summed E-state index contributed by atoms with van der Waals surface area (Å²) in [7, 11) is 0. The Morgan fingerprint density at radius 1 is 1.38 bits per heavy atom. The second kappa shape index (κ2) is 3.00. The van der Waals surface area contributed by atoms with Gasteiger partial charge in [-0.2, -0.15) is 0 Å². The summed E-state index contributed by atoms with van der Waals surface area (Å²) in [6.45, 7) is 4.73. The lowest BCUT2D eigenvalue weighted by atomic mass is 9.65. The van der Waals surface area contributed by atoms with Crippen molar-refractivity contribution >= 4 is 5.71 Å². The predicted octanol–water partition coefficient (Wildman–Crippen LogP) is 3.05. The molecule has 0 heterocycles. The van der Waals surface area contributed by atoms with Gasteiger partial charge in [0.2, 0.25) is 0 Å². The Labute approximate surface area is 80.0 Å². The van der Waals surface area contributed by atoms with Crippen LogP contribution < -0.4 is 0 Å². The number of nitrogens with zero attached hydrogens (tertiary/aromatic N) is 1. The highest BCUT2D eigenvalue weighted by atomic mass is 16.4. The molecule has 2 saturated carbocycles. The summed E-state index contributed by atoms with van der Waals surface area (Å²) in [5.41, 5.74) is 1.50. The Hall–Kier alpha value is -0.530. The Morgan fingerprint density at radius 3 is 2.77 bits per heavy atom. The minimum absolute atomic E-state index is 0.468. The van der Waals surface area contributed by atoms with Gasteiger partial charge in [-0.25, -0.2) is 0 Å². The standard InChI is InChI=1S/C11H19NO/c1-11(2)5-3-4-8-6-9(12-13)7-10(8)11/h8,10,13H,3-7H2,1-2H3/b12-9-/t8-,10+/m0/s1. The van der Waals surface area contributed by atoms with Crippen LogP contribution >= 0.6 is 0 Å². The lowest BCUT2D eigenvalue weighted by Gasteiger charge is -2.40. The highest BCUT2D eigenvalue weighted by Gasteiger charge is 2.43. The van der Waals surface area contributed by atoms with Crippen LogP contribution in [0.5, 0.6) is 0 Å². The minimum atomic E-state index is 0.468. The number of oxime groups is 1. The molecule has 2 nitrogen and oxygen atoms in total. The van der Waals surface area contributed by atoms with E-state index in [1.165, 1.54) is 19.3 Å².